The molecule has 0 aliphatic carbocycles. The van der Waals surface area contributed by atoms with E-state index >= 15 is 0 Å². The molecule has 88 valence electrons. The molecule has 1 rings (SSSR count). The van der Waals surface area contributed by atoms with Gasteiger partial charge in [-0.25, -0.2) is 8.96 Å². The van der Waals surface area contributed by atoms with Crippen LogP contribution in [0.15, 0.2) is 12.5 Å². The SMILES string of the molecule is CCCc1cncn1S(=O)(=O)N(C)C.Cl. The molecule has 15 heavy (non-hydrogen) atoms. The van der Waals surface area contributed by atoms with Crippen molar-refractivity contribution in [2.75, 3.05) is 14.1 Å². The van der Waals surface area contributed by atoms with Gasteiger partial charge in [0, 0.05) is 20.3 Å². The zero-order chi connectivity index (χ0) is 10.8. The third-order valence-electron chi connectivity index (χ3n) is 1.89. The minimum Gasteiger partial charge on any atom is -0.244 e. The maximum atomic E-state index is 11.7. The third-order valence-corrected chi connectivity index (χ3v) is 3.64. The Hall–Kier alpha value is -0.590. The van der Waals surface area contributed by atoms with E-state index in [2.05, 4.69) is 4.98 Å². The van der Waals surface area contributed by atoms with Crippen LogP contribution in [0.2, 0.25) is 0 Å². The largest absolute Gasteiger partial charge is 0.308 e. The summed E-state index contributed by atoms with van der Waals surface area (Å²) in [5.41, 5.74) is 0.723. The number of halogens is 1. The van der Waals surface area contributed by atoms with E-state index in [1.165, 1.54) is 28.7 Å². The van der Waals surface area contributed by atoms with E-state index in [0.717, 1.165) is 12.1 Å². The Morgan fingerprint density at radius 2 is 2.07 bits per heavy atom. The summed E-state index contributed by atoms with van der Waals surface area (Å²) in [6.45, 7) is 2.00. The molecule has 0 spiro atoms. The molecular formula is C8H16ClN3O2S. The van der Waals surface area contributed by atoms with Gasteiger partial charge < -0.3 is 0 Å². The van der Waals surface area contributed by atoms with Gasteiger partial charge in [-0.2, -0.15) is 12.7 Å². The second kappa shape index (κ2) is 5.48. The Kier molecular flexibility index (Phi) is 5.27. The van der Waals surface area contributed by atoms with Crippen molar-refractivity contribution >= 4 is 22.6 Å². The molecule has 0 saturated carbocycles. The van der Waals surface area contributed by atoms with Crippen LogP contribution >= 0.6 is 12.4 Å². The molecule has 0 saturated heterocycles. The normalized spacial score (nSPS) is 11.5. The van der Waals surface area contributed by atoms with E-state index in [-0.39, 0.29) is 12.4 Å². The van der Waals surface area contributed by atoms with Gasteiger partial charge in [0.15, 0.2) is 0 Å². The van der Waals surface area contributed by atoms with Gasteiger partial charge in [0.05, 0.1) is 5.69 Å². The first kappa shape index (κ1) is 14.4. The molecule has 0 atom stereocenters. The zero-order valence-electron chi connectivity index (χ0n) is 9.04. The molecule has 0 radical (unpaired) electrons. The van der Waals surface area contributed by atoms with E-state index in [0.29, 0.717) is 6.42 Å². The molecule has 0 aromatic carbocycles. The maximum Gasteiger partial charge on any atom is 0.308 e. The van der Waals surface area contributed by atoms with Gasteiger partial charge in [0.25, 0.3) is 0 Å². The molecule has 1 aromatic heterocycles. The molecule has 5 nitrogen and oxygen atoms in total. The smallest absolute Gasteiger partial charge is 0.244 e. The molecule has 0 N–H and O–H groups in total. The standard InChI is InChI=1S/C8H15N3O2S.ClH/c1-4-5-8-6-9-7-11(8)14(12,13)10(2)3;/h6-7H,4-5H2,1-3H3;1H. The number of rotatable bonds is 4. The Bertz CT molecular complexity index is 400. The van der Waals surface area contributed by atoms with Crippen LogP contribution in [0.1, 0.15) is 19.0 Å². The van der Waals surface area contributed by atoms with Crippen molar-refractivity contribution < 1.29 is 8.42 Å². The topological polar surface area (TPSA) is 55.2 Å². The molecule has 1 heterocycles. The summed E-state index contributed by atoms with van der Waals surface area (Å²) in [4.78, 5) is 3.85. The minimum absolute atomic E-state index is 0. The molecule has 0 bridgehead atoms. The van der Waals surface area contributed by atoms with E-state index < -0.39 is 10.2 Å². The molecule has 0 aliphatic rings. The van der Waals surface area contributed by atoms with Crippen molar-refractivity contribution in [1.29, 1.82) is 0 Å². The van der Waals surface area contributed by atoms with Gasteiger partial charge in [-0.1, -0.05) is 13.3 Å². The summed E-state index contributed by atoms with van der Waals surface area (Å²) in [5.74, 6) is 0. The first-order valence-corrected chi connectivity index (χ1v) is 5.84. The predicted molar refractivity (Wildman–Crippen MR) is 61.5 cm³/mol. The number of imidazole rings is 1. The average Bonchev–Trinajstić information content (AvgIpc) is 2.53. The first-order valence-electron chi connectivity index (χ1n) is 4.44. The van der Waals surface area contributed by atoms with Gasteiger partial charge >= 0.3 is 10.2 Å². The molecule has 7 heteroatoms. The van der Waals surface area contributed by atoms with Crippen LogP contribution in [0.25, 0.3) is 0 Å². The van der Waals surface area contributed by atoms with Crippen LogP contribution in [0, 0.1) is 0 Å². The predicted octanol–water partition coefficient (Wildman–Crippen LogP) is 0.912. The molecule has 0 unspecified atom stereocenters. The van der Waals surface area contributed by atoms with Crippen molar-refractivity contribution in [2.45, 2.75) is 19.8 Å². The van der Waals surface area contributed by atoms with E-state index in [9.17, 15) is 8.42 Å². The minimum atomic E-state index is -3.40. The van der Waals surface area contributed by atoms with Gasteiger partial charge in [0.1, 0.15) is 6.33 Å². The Labute approximate surface area is 96.7 Å². The monoisotopic (exact) mass is 253 g/mol. The fraction of sp³-hybridized carbons (Fsp3) is 0.625. The summed E-state index contributed by atoms with van der Waals surface area (Å²) in [6, 6.07) is 0. The van der Waals surface area contributed by atoms with Crippen molar-refractivity contribution in [3.05, 3.63) is 18.2 Å². The second-order valence-electron chi connectivity index (χ2n) is 3.22. The maximum absolute atomic E-state index is 11.7. The lowest BCUT2D eigenvalue weighted by molar-refractivity contribution is 0.508. The Balaban J connectivity index is 0.00000196. The van der Waals surface area contributed by atoms with Crippen molar-refractivity contribution in [3.8, 4) is 0 Å². The van der Waals surface area contributed by atoms with Gasteiger partial charge in [-0.05, 0) is 6.42 Å². The summed E-state index contributed by atoms with van der Waals surface area (Å²) < 4.78 is 25.9. The molecule has 0 aliphatic heterocycles. The highest BCUT2D eigenvalue weighted by Gasteiger charge is 2.18. The lowest BCUT2D eigenvalue weighted by Gasteiger charge is -2.13. The van der Waals surface area contributed by atoms with Gasteiger partial charge in [-0.3, -0.25) is 0 Å². The van der Waals surface area contributed by atoms with Crippen LogP contribution in [0.3, 0.4) is 0 Å². The number of nitrogens with zero attached hydrogens (tertiary/aromatic N) is 3. The molecular weight excluding hydrogens is 238 g/mol. The lowest BCUT2D eigenvalue weighted by Crippen LogP contribution is -2.29. The fourth-order valence-electron chi connectivity index (χ4n) is 1.13. The summed E-state index contributed by atoms with van der Waals surface area (Å²) >= 11 is 0. The summed E-state index contributed by atoms with van der Waals surface area (Å²) in [6.07, 6.45) is 4.53. The van der Waals surface area contributed by atoms with E-state index in [4.69, 9.17) is 0 Å². The third kappa shape index (κ3) is 2.93. The van der Waals surface area contributed by atoms with E-state index in [1.54, 1.807) is 6.20 Å². The average molecular weight is 254 g/mol. The van der Waals surface area contributed by atoms with Crippen LogP contribution in [-0.4, -0.2) is 35.8 Å². The lowest BCUT2D eigenvalue weighted by atomic mass is 10.3. The summed E-state index contributed by atoms with van der Waals surface area (Å²) in [7, 11) is -0.389. The number of aryl methyl sites for hydroxylation is 1. The fourth-order valence-corrected chi connectivity index (χ4v) is 2.09. The number of aromatic nitrogens is 2. The van der Waals surface area contributed by atoms with Gasteiger partial charge in [0.2, 0.25) is 0 Å². The van der Waals surface area contributed by atoms with Crippen molar-refractivity contribution in [1.82, 2.24) is 13.3 Å². The van der Waals surface area contributed by atoms with Crippen molar-refractivity contribution in [2.24, 2.45) is 0 Å². The highest BCUT2D eigenvalue weighted by Crippen LogP contribution is 2.08. The molecule has 1 aromatic rings. The van der Waals surface area contributed by atoms with Crippen LogP contribution in [0.4, 0.5) is 0 Å². The van der Waals surface area contributed by atoms with E-state index in [1.807, 2.05) is 6.92 Å². The zero-order valence-corrected chi connectivity index (χ0v) is 10.7. The van der Waals surface area contributed by atoms with Crippen LogP contribution in [0.5, 0.6) is 0 Å². The Morgan fingerprint density at radius 3 is 2.53 bits per heavy atom. The number of hydrogen-bond donors (Lipinski definition) is 0. The van der Waals surface area contributed by atoms with Crippen LogP contribution in [-0.2, 0) is 16.6 Å². The number of hydrogen-bond acceptors (Lipinski definition) is 3. The quantitative estimate of drug-likeness (QED) is 0.802. The highest BCUT2D eigenvalue weighted by molar-refractivity contribution is 7.87. The van der Waals surface area contributed by atoms with Gasteiger partial charge in [-0.15, -0.1) is 12.4 Å². The second-order valence-corrected chi connectivity index (χ2v) is 5.24. The molecule has 0 fully saturated rings. The Morgan fingerprint density at radius 1 is 1.47 bits per heavy atom. The van der Waals surface area contributed by atoms with Crippen LogP contribution < -0.4 is 0 Å². The molecule has 0 amide bonds. The first-order chi connectivity index (χ1) is 6.50. The summed E-state index contributed by atoms with van der Waals surface area (Å²) in [5, 5.41) is 0. The van der Waals surface area contributed by atoms with Crippen molar-refractivity contribution in [3.63, 3.8) is 0 Å². The highest BCUT2D eigenvalue weighted by atomic mass is 35.5.